The van der Waals surface area contributed by atoms with Gasteiger partial charge in [-0.1, -0.05) is 17.4 Å². The molecule has 2 heterocycles. The summed E-state index contributed by atoms with van der Waals surface area (Å²) in [4.78, 5) is 25.5. The van der Waals surface area contributed by atoms with Crippen molar-refractivity contribution in [3.05, 3.63) is 35.1 Å². The lowest BCUT2D eigenvalue weighted by molar-refractivity contribution is -0.122. The number of carbonyl (C=O) groups is 2. The molecule has 1 N–H and O–H groups in total. The van der Waals surface area contributed by atoms with Gasteiger partial charge in [0, 0.05) is 13.0 Å². The van der Waals surface area contributed by atoms with Gasteiger partial charge in [0.25, 0.3) is 0 Å². The van der Waals surface area contributed by atoms with Crippen LogP contribution < -0.4 is 10.2 Å². The first-order valence-corrected chi connectivity index (χ1v) is 7.56. The summed E-state index contributed by atoms with van der Waals surface area (Å²) in [7, 11) is 0. The topological polar surface area (TPSA) is 75.2 Å². The van der Waals surface area contributed by atoms with Crippen molar-refractivity contribution in [1.29, 1.82) is 0 Å². The summed E-state index contributed by atoms with van der Waals surface area (Å²) in [6.45, 7) is 1.93. The fourth-order valence-electron chi connectivity index (χ4n) is 2.38. The Morgan fingerprint density at radius 1 is 1.50 bits per heavy atom. The Labute approximate surface area is 130 Å². The van der Waals surface area contributed by atoms with Crippen molar-refractivity contribution in [2.45, 2.75) is 13.3 Å². The average Bonchev–Trinajstić information content (AvgIpc) is 3.09. The van der Waals surface area contributed by atoms with Gasteiger partial charge in [-0.05, 0) is 24.6 Å². The third-order valence-electron chi connectivity index (χ3n) is 3.48. The van der Waals surface area contributed by atoms with Gasteiger partial charge in [-0.2, -0.15) is 0 Å². The molecule has 0 bridgehead atoms. The van der Waals surface area contributed by atoms with Crippen LogP contribution in [0.25, 0.3) is 0 Å². The number of carbonyl (C=O) groups excluding carboxylic acids is 2. The van der Waals surface area contributed by atoms with E-state index in [1.54, 1.807) is 19.1 Å². The maximum Gasteiger partial charge on any atom is 0.231 e. The van der Waals surface area contributed by atoms with E-state index >= 15 is 0 Å². The van der Waals surface area contributed by atoms with Gasteiger partial charge >= 0.3 is 0 Å². The van der Waals surface area contributed by atoms with Crippen LogP contribution in [0.4, 0.5) is 15.2 Å². The fraction of sp³-hybridized carbons (Fsp3) is 0.286. The first kappa shape index (κ1) is 14.6. The van der Waals surface area contributed by atoms with E-state index in [1.807, 2.05) is 0 Å². The van der Waals surface area contributed by atoms with Crippen molar-refractivity contribution in [2.24, 2.45) is 5.92 Å². The number of anilines is 2. The Bertz CT molecular complexity index is 720. The molecule has 8 heteroatoms. The van der Waals surface area contributed by atoms with Crippen LogP contribution in [0.1, 0.15) is 12.0 Å². The summed E-state index contributed by atoms with van der Waals surface area (Å²) in [6, 6.07) is 4.67. The molecule has 1 aliphatic rings. The smallest absolute Gasteiger partial charge is 0.231 e. The third-order valence-corrected chi connectivity index (χ3v) is 4.09. The molecule has 0 radical (unpaired) electrons. The van der Waals surface area contributed by atoms with Crippen molar-refractivity contribution < 1.29 is 14.0 Å². The van der Waals surface area contributed by atoms with E-state index in [0.29, 0.717) is 5.13 Å². The number of hydrogen-bond acceptors (Lipinski definition) is 5. The van der Waals surface area contributed by atoms with E-state index in [0.717, 1.165) is 5.56 Å². The Morgan fingerprint density at radius 3 is 3.00 bits per heavy atom. The number of nitrogens with one attached hydrogen (secondary N) is 1. The second-order valence-electron chi connectivity index (χ2n) is 5.09. The summed E-state index contributed by atoms with van der Waals surface area (Å²) in [5.41, 5.74) is 2.49. The highest BCUT2D eigenvalue weighted by Gasteiger charge is 2.36. The van der Waals surface area contributed by atoms with Gasteiger partial charge in [-0.15, -0.1) is 10.2 Å². The molecule has 6 nitrogen and oxygen atoms in total. The summed E-state index contributed by atoms with van der Waals surface area (Å²) in [5, 5.41) is 10.4. The number of aryl methyl sites for hydroxylation is 1. The molecule has 1 saturated heterocycles. The highest BCUT2D eigenvalue weighted by atomic mass is 32.1. The summed E-state index contributed by atoms with van der Waals surface area (Å²) in [6.07, 6.45) is 0.0535. The van der Waals surface area contributed by atoms with E-state index in [9.17, 15) is 14.0 Å². The van der Waals surface area contributed by atoms with Crippen LogP contribution in [0, 0.1) is 18.7 Å². The van der Waals surface area contributed by atoms with Crippen LogP contribution >= 0.6 is 11.3 Å². The molecule has 1 aromatic carbocycles. The molecule has 2 aromatic rings. The second-order valence-corrected chi connectivity index (χ2v) is 5.93. The Kier molecular flexibility index (Phi) is 3.84. The number of nitrogens with zero attached hydrogens (tertiary/aromatic N) is 3. The number of amides is 2. The number of halogens is 1. The molecular formula is C14H13FN4O2S. The van der Waals surface area contributed by atoms with Gasteiger partial charge in [-0.25, -0.2) is 4.39 Å². The second kappa shape index (κ2) is 5.80. The van der Waals surface area contributed by atoms with Crippen molar-refractivity contribution in [1.82, 2.24) is 10.2 Å². The van der Waals surface area contributed by atoms with Crippen LogP contribution in [0.15, 0.2) is 23.7 Å². The van der Waals surface area contributed by atoms with Gasteiger partial charge in [0.05, 0.1) is 11.6 Å². The Balaban J connectivity index is 1.74. The fourth-order valence-corrected chi connectivity index (χ4v) is 2.83. The standard InChI is InChI=1S/C14H13FN4O2S/c1-8-2-3-11(10(15)4-8)19-6-9(5-12(19)20)13(21)17-14-18-16-7-22-14/h2-4,7,9H,5-6H2,1H3,(H,17,18,21)/t9-/m1/s1. The largest absolute Gasteiger partial charge is 0.309 e. The summed E-state index contributed by atoms with van der Waals surface area (Å²) in [5.74, 6) is -1.56. The molecule has 1 aliphatic heterocycles. The Morgan fingerprint density at radius 2 is 2.32 bits per heavy atom. The lowest BCUT2D eigenvalue weighted by Gasteiger charge is -2.17. The molecule has 1 atom stereocenters. The number of aromatic nitrogens is 2. The van der Waals surface area contributed by atoms with E-state index in [4.69, 9.17) is 0 Å². The van der Waals surface area contributed by atoms with Gasteiger partial charge < -0.3 is 10.2 Å². The maximum absolute atomic E-state index is 14.0. The molecule has 114 valence electrons. The minimum Gasteiger partial charge on any atom is -0.309 e. The molecular weight excluding hydrogens is 307 g/mol. The molecule has 0 saturated carbocycles. The van der Waals surface area contributed by atoms with Crippen molar-refractivity contribution in [2.75, 3.05) is 16.8 Å². The molecule has 0 spiro atoms. The summed E-state index contributed by atoms with van der Waals surface area (Å²) >= 11 is 1.20. The van der Waals surface area contributed by atoms with Crippen LogP contribution in [0.5, 0.6) is 0 Å². The zero-order chi connectivity index (χ0) is 15.7. The maximum atomic E-state index is 14.0. The van der Waals surface area contributed by atoms with Crippen molar-refractivity contribution in [3.8, 4) is 0 Å². The highest BCUT2D eigenvalue weighted by Crippen LogP contribution is 2.28. The van der Waals surface area contributed by atoms with Crippen LogP contribution in [-0.4, -0.2) is 28.6 Å². The zero-order valence-corrected chi connectivity index (χ0v) is 12.6. The molecule has 0 aliphatic carbocycles. The van der Waals surface area contributed by atoms with Gasteiger partial charge in [-0.3, -0.25) is 9.59 Å². The lowest BCUT2D eigenvalue weighted by atomic mass is 10.1. The number of benzene rings is 1. The number of rotatable bonds is 3. The Hall–Kier alpha value is -2.35. The van der Waals surface area contributed by atoms with Crippen LogP contribution in [0.3, 0.4) is 0 Å². The molecule has 1 aromatic heterocycles. The highest BCUT2D eigenvalue weighted by molar-refractivity contribution is 7.13. The minimum atomic E-state index is -0.530. The minimum absolute atomic E-state index is 0.0535. The predicted molar refractivity (Wildman–Crippen MR) is 80.1 cm³/mol. The molecule has 3 rings (SSSR count). The zero-order valence-electron chi connectivity index (χ0n) is 11.7. The monoisotopic (exact) mass is 320 g/mol. The molecule has 1 fully saturated rings. The SMILES string of the molecule is Cc1ccc(N2C[C@H](C(=O)Nc3nncs3)CC2=O)c(F)c1. The van der Waals surface area contributed by atoms with E-state index in [-0.39, 0.29) is 30.5 Å². The first-order chi connectivity index (χ1) is 10.5. The predicted octanol–water partition coefficient (Wildman–Crippen LogP) is 1.98. The van der Waals surface area contributed by atoms with Crippen molar-refractivity contribution >= 4 is 34.0 Å². The van der Waals surface area contributed by atoms with Gasteiger partial charge in [0.2, 0.25) is 16.9 Å². The van der Waals surface area contributed by atoms with Crippen LogP contribution in [-0.2, 0) is 9.59 Å². The van der Waals surface area contributed by atoms with Crippen LogP contribution in [0.2, 0.25) is 0 Å². The first-order valence-electron chi connectivity index (χ1n) is 6.68. The van der Waals surface area contributed by atoms with Crippen molar-refractivity contribution in [3.63, 3.8) is 0 Å². The van der Waals surface area contributed by atoms with Gasteiger partial charge in [0.1, 0.15) is 11.3 Å². The van der Waals surface area contributed by atoms with Gasteiger partial charge in [0.15, 0.2) is 0 Å². The summed E-state index contributed by atoms with van der Waals surface area (Å²) < 4.78 is 14.0. The molecule has 2 amide bonds. The molecule has 0 unspecified atom stereocenters. The quantitative estimate of drug-likeness (QED) is 0.938. The van der Waals surface area contributed by atoms with E-state index in [1.165, 1.54) is 27.8 Å². The molecule has 22 heavy (non-hydrogen) atoms. The number of hydrogen-bond donors (Lipinski definition) is 1. The van der Waals surface area contributed by atoms with E-state index in [2.05, 4.69) is 15.5 Å². The normalized spacial score (nSPS) is 17.8. The van der Waals surface area contributed by atoms with E-state index < -0.39 is 11.7 Å². The lowest BCUT2D eigenvalue weighted by Crippen LogP contribution is -2.28. The average molecular weight is 320 g/mol. The third kappa shape index (κ3) is 2.82.